The lowest BCUT2D eigenvalue weighted by Gasteiger charge is -2.15. The van der Waals surface area contributed by atoms with Crippen LogP contribution in [0.5, 0.6) is 11.5 Å². The third-order valence-corrected chi connectivity index (χ3v) is 4.01. The third-order valence-electron chi connectivity index (χ3n) is 4.01. The highest BCUT2D eigenvalue weighted by atomic mass is 16.5. The molecule has 0 spiro atoms. The summed E-state index contributed by atoms with van der Waals surface area (Å²) in [4.78, 5) is 12.3. The highest BCUT2D eigenvalue weighted by Crippen LogP contribution is 2.24. The smallest absolute Gasteiger partial charge is 0.251 e. The number of rotatable bonds is 7. The molecule has 0 radical (unpaired) electrons. The molecule has 24 heavy (non-hydrogen) atoms. The van der Waals surface area contributed by atoms with Crippen molar-refractivity contribution >= 4 is 5.91 Å². The largest absolute Gasteiger partial charge is 0.496 e. The number of ether oxygens (including phenoxy) is 2. The molecule has 2 aromatic carbocycles. The van der Waals surface area contributed by atoms with Crippen LogP contribution in [0.15, 0.2) is 42.5 Å². The van der Waals surface area contributed by atoms with Crippen LogP contribution in [0.25, 0.3) is 0 Å². The Bertz CT molecular complexity index is 697. The summed E-state index contributed by atoms with van der Waals surface area (Å²) in [6.45, 7) is 6.38. The van der Waals surface area contributed by atoms with Gasteiger partial charge in [-0.2, -0.15) is 0 Å². The number of amides is 1. The van der Waals surface area contributed by atoms with Crippen LogP contribution in [0.1, 0.15) is 41.8 Å². The van der Waals surface area contributed by atoms with Crippen LogP contribution in [0.2, 0.25) is 0 Å². The summed E-state index contributed by atoms with van der Waals surface area (Å²) in [7, 11) is 1.62. The van der Waals surface area contributed by atoms with Gasteiger partial charge >= 0.3 is 0 Å². The van der Waals surface area contributed by atoms with Gasteiger partial charge in [-0.15, -0.1) is 0 Å². The molecule has 0 fully saturated rings. The number of aryl methyl sites for hydroxylation is 1. The average Bonchev–Trinajstić information content (AvgIpc) is 2.60. The maximum atomic E-state index is 12.3. The Morgan fingerprint density at radius 3 is 2.58 bits per heavy atom. The van der Waals surface area contributed by atoms with Gasteiger partial charge in [-0.3, -0.25) is 4.79 Å². The fourth-order valence-corrected chi connectivity index (χ4v) is 2.32. The summed E-state index contributed by atoms with van der Waals surface area (Å²) in [6.07, 6.45) is 0.894. The second-order valence-electron chi connectivity index (χ2n) is 5.86. The van der Waals surface area contributed by atoms with Crippen molar-refractivity contribution < 1.29 is 14.3 Å². The second-order valence-corrected chi connectivity index (χ2v) is 5.86. The Morgan fingerprint density at radius 1 is 1.17 bits per heavy atom. The fraction of sp³-hybridized carbons (Fsp3) is 0.350. The van der Waals surface area contributed by atoms with Crippen LogP contribution >= 0.6 is 0 Å². The van der Waals surface area contributed by atoms with E-state index in [0.29, 0.717) is 17.9 Å². The van der Waals surface area contributed by atoms with Crippen molar-refractivity contribution in [2.24, 2.45) is 0 Å². The Kier molecular flexibility index (Phi) is 6.24. The lowest BCUT2D eigenvalue weighted by atomic mass is 10.1. The highest BCUT2D eigenvalue weighted by Gasteiger charge is 2.12. The molecule has 0 heterocycles. The zero-order valence-electron chi connectivity index (χ0n) is 14.8. The monoisotopic (exact) mass is 327 g/mol. The van der Waals surface area contributed by atoms with Gasteiger partial charge < -0.3 is 14.8 Å². The van der Waals surface area contributed by atoms with Crippen molar-refractivity contribution in [2.75, 3.05) is 7.11 Å². The molecule has 0 aliphatic heterocycles. The molecule has 2 rings (SSSR count). The molecule has 0 saturated carbocycles. The normalized spacial score (nSPS) is 11.7. The minimum atomic E-state index is -0.0795. The van der Waals surface area contributed by atoms with Crippen LogP contribution in [0, 0.1) is 6.92 Å². The molecule has 128 valence electrons. The van der Waals surface area contributed by atoms with Crippen molar-refractivity contribution in [3.8, 4) is 11.5 Å². The Balaban J connectivity index is 2.17. The molecule has 4 nitrogen and oxygen atoms in total. The maximum absolute atomic E-state index is 12.3. The third kappa shape index (κ3) is 4.51. The molecule has 0 aliphatic rings. The van der Waals surface area contributed by atoms with E-state index in [4.69, 9.17) is 9.47 Å². The summed E-state index contributed by atoms with van der Waals surface area (Å²) in [5.41, 5.74) is 2.53. The number of methoxy groups -OCH3 is 1. The average molecular weight is 327 g/mol. The highest BCUT2D eigenvalue weighted by molar-refractivity contribution is 5.94. The number of para-hydroxylation sites is 1. The van der Waals surface area contributed by atoms with Gasteiger partial charge in [-0.25, -0.2) is 0 Å². The van der Waals surface area contributed by atoms with E-state index in [2.05, 4.69) is 5.32 Å². The molecule has 0 aliphatic carbocycles. The zero-order chi connectivity index (χ0) is 17.5. The van der Waals surface area contributed by atoms with Gasteiger partial charge in [0.1, 0.15) is 18.1 Å². The zero-order valence-corrected chi connectivity index (χ0v) is 14.8. The molecule has 4 heteroatoms. The second kappa shape index (κ2) is 8.39. The molecular weight excluding hydrogens is 302 g/mol. The van der Waals surface area contributed by atoms with Gasteiger partial charge in [0.25, 0.3) is 5.91 Å². The van der Waals surface area contributed by atoms with Crippen LogP contribution in [0.3, 0.4) is 0 Å². The first kappa shape index (κ1) is 17.9. The van der Waals surface area contributed by atoms with E-state index in [-0.39, 0.29) is 11.9 Å². The van der Waals surface area contributed by atoms with E-state index in [1.54, 1.807) is 13.2 Å². The fourth-order valence-electron chi connectivity index (χ4n) is 2.32. The Hall–Kier alpha value is -2.49. The number of hydrogen-bond donors (Lipinski definition) is 1. The lowest BCUT2D eigenvalue weighted by Crippen LogP contribution is -2.31. The predicted molar refractivity (Wildman–Crippen MR) is 95.7 cm³/mol. The quantitative estimate of drug-likeness (QED) is 0.832. The summed E-state index contributed by atoms with van der Waals surface area (Å²) in [6, 6.07) is 13.4. The molecule has 1 atom stereocenters. The Labute approximate surface area is 143 Å². The lowest BCUT2D eigenvalue weighted by molar-refractivity contribution is 0.0939. The van der Waals surface area contributed by atoms with Gasteiger partial charge in [0, 0.05) is 17.2 Å². The standard InChI is InChI=1S/C20H25NO3/c1-5-15(3)21-20(22)16-10-11-19(23-4)17(12-16)13-24-18-9-7-6-8-14(18)2/h6-12,15H,5,13H2,1-4H3,(H,21,22). The molecule has 0 aromatic heterocycles. The van der Waals surface area contributed by atoms with E-state index >= 15 is 0 Å². The Morgan fingerprint density at radius 2 is 1.92 bits per heavy atom. The molecule has 1 unspecified atom stereocenters. The van der Waals surface area contributed by atoms with Crippen molar-refractivity contribution in [1.82, 2.24) is 5.32 Å². The first-order valence-electron chi connectivity index (χ1n) is 8.21. The molecule has 0 saturated heterocycles. The van der Waals surface area contributed by atoms with Crippen molar-refractivity contribution in [2.45, 2.75) is 39.8 Å². The minimum absolute atomic E-state index is 0.0795. The maximum Gasteiger partial charge on any atom is 0.251 e. The van der Waals surface area contributed by atoms with E-state index in [0.717, 1.165) is 23.3 Å². The van der Waals surface area contributed by atoms with Crippen LogP contribution < -0.4 is 14.8 Å². The van der Waals surface area contributed by atoms with Gasteiger partial charge in [0.15, 0.2) is 0 Å². The van der Waals surface area contributed by atoms with Gasteiger partial charge in [-0.05, 0) is 50.1 Å². The summed E-state index contributed by atoms with van der Waals surface area (Å²) >= 11 is 0. The molecule has 1 amide bonds. The van der Waals surface area contributed by atoms with Crippen molar-refractivity contribution in [1.29, 1.82) is 0 Å². The predicted octanol–water partition coefficient (Wildman–Crippen LogP) is 4.11. The van der Waals surface area contributed by atoms with E-state index in [1.165, 1.54) is 0 Å². The number of carbonyl (C=O) groups is 1. The first-order valence-corrected chi connectivity index (χ1v) is 8.21. The van der Waals surface area contributed by atoms with Gasteiger partial charge in [0.2, 0.25) is 0 Å². The molecule has 2 aromatic rings. The minimum Gasteiger partial charge on any atom is -0.496 e. The number of carbonyl (C=O) groups excluding carboxylic acids is 1. The van der Waals surface area contributed by atoms with Crippen molar-refractivity contribution in [3.05, 3.63) is 59.2 Å². The first-order chi connectivity index (χ1) is 11.5. The number of nitrogens with one attached hydrogen (secondary N) is 1. The van der Waals surface area contributed by atoms with Crippen LogP contribution in [-0.4, -0.2) is 19.1 Å². The number of benzene rings is 2. The molecule has 1 N–H and O–H groups in total. The van der Waals surface area contributed by atoms with Gasteiger partial charge in [-0.1, -0.05) is 25.1 Å². The van der Waals surface area contributed by atoms with E-state index in [9.17, 15) is 4.79 Å². The molecule has 0 bridgehead atoms. The summed E-state index contributed by atoms with van der Waals surface area (Å²) in [5, 5.41) is 2.97. The van der Waals surface area contributed by atoms with Gasteiger partial charge in [0.05, 0.1) is 7.11 Å². The van der Waals surface area contributed by atoms with Crippen molar-refractivity contribution in [3.63, 3.8) is 0 Å². The molecular formula is C20H25NO3. The van der Waals surface area contributed by atoms with E-state index in [1.807, 2.05) is 57.2 Å². The topological polar surface area (TPSA) is 47.6 Å². The summed E-state index contributed by atoms with van der Waals surface area (Å²) < 4.78 is 11.3. The summed E-state index contributed by atoms with van der Waals surface area (Å²) in [5.74, 6) is 1.46. The SMILES string of the molecule is CCC(C)NC(=O)c1ccc(OC)c(COc2ccccc2C)c1. The van der Waals surface area contributed by atoms with E-state index < -0.39 is 0 Å². The van der Waals surface area contributed by atoms with Crippen LogP contribution in [0.4, 0.5) is 0 Å². The number of hydrogen-bond acceptors (Lipinski definition) is 3. The van der Waals surface area contributed by atoms with Crippen LogP contribution in [-0.2, 0) is 6.61 Å².